The SMILES string of the molecule is CC(C)(C)C(=O)N1CCN(C(=O)c2cccc(Br)c2)CC1. The Kier molecular flexibility index (Phi) is 4.71. The van der Waals surface area contributed by atoms with E-state index in [-0.39, 0.29) is 17.2 Å². The van der Waals surface area contributed by atoms with Crippen molar-refractivity contribution in [2.24, 2.45) is 5.41 Å². The van der Waals surface area contributed by atoms with Crippen LogP contribution in [0.15, 0.2) is 28.7 Å². The highest BCUT2D eigenvalue weighted by molar-refractivity contribution is 9.10. The first kappa shape index (κ1) is 16.0. The standard InChI is InChI=1S/C16H21BrN2O2/c1-16(2,3)15(21)19-9-7-18(8-10-19)14(20)12-5-4-6-13(17)11-12/h4-6,11H,7-10H2,1-3H3. The predicted octanol–water partition coefficient (Wildman–Crippen LogP) is 2.78. The molecule has 4 nitrogen and oxygen atoms in total. The summed E-state index contributed by atoms with van der Waals surface area (Å²) in [6.07, 6.45) is 0. The molecule has 1 heterocycles. The molecule has 0 unspecified atom stereocenters. The number of carbonyl (C=O) groups excluding carboxylic acids is 2. The summed E-state index contributed by atoms with van der Waals surface area (Å²) in [6.45, 7) is 8.17. The summed E-state index contributed by atoms with van der Waals surface area (Å²) in [6, 6.07) is 7.40. The highest BCUT2D eigenvalue weighted by Crippen LogP contribution is 2.19. The molecule has 2 rings (SSSR count). The molecule has 0 radical (unpaired) electrons. The van der Waals surface area contributed by atoms with Crippen LogP contribution in [-0.2, 0) is 4.79 Å². The molecule has 1 aromatic carbocycles. The number of piperazine rings is 1. The van der Waals surface area contributed by atoms with Crippen LogP contribution in [0.3, 0.4) is 0 Å². The van der Waals surface area contributed by atoms with Crippen LogP contribution in [0.5, 0.6) is 0 Å². The minimum Gasteiger partial charge on any atom is -0.339 e. The van der Waals surface area contributed by atoms with Crippen LogP contribution < -0.4 is 0 Å². The van der Waals surface area contributed by atoms with Crippen molar-refractivity contribution >= 4 is 27.7 Å². The molecule has 0 saturated carbocycles. The van der Waals surface area contributed by atoms with Crippen molar-refractivity contribution < 1.29 is 9.59 Å². The summed E-state index contributed by atoms with van der Waals surface area (Å²) in [5.41, 5.74) is 0.316. The number of nitrogens with zero attached hydrogens (tertiary/aromatic N) is 2. The zero-order valence-electron chi connectivity index (χ0n) is 12.7. The van der Waals surface area contributed by atoms with E-state index < -0.39 is 0 Å². The Labute approximate surface area is 134 Å². The van der Waals surface area contributed by atoms with Gasteiger partial charge in [0.2, 0.25) is 5.91 Å². The minimum absolute atomic E-state index is 0.0270. The molecule has 0 N–H and O–H groups in total. The van der Waals surface area contributed by atoms with Crippen molar-refractivity contribution in [1.29, 1.82) is 0 Å². The zero-order chi connectivity index (χ0) is 15.6. The van der Waals surface area contributed by atoms with Gasteiger partial charge < -0.3 is 9.80 Å². The van der Waals surface area contributed by atoms with Gasteiger partial charge in [-0.05, 0) is 18.2 Å². The lowest BCUT2D eigenvalue weighted by molar-refractivity contribution is -0.140. The molecule has 5 heteroatoms. The maximum atomic E-state index is 12.4. The average molecular weight is 353 g/mol. The van der Waals surface area contributed by atoms with Gasteiger partial charge in [-0.25, -0.2) is 0 Å². The fourth-order valence-corrected chi connectivity index (χ4v) is 2.79. The van der Waals surface area contributed by atoms with Gasteiger partial charge in [0.25, 0.3) is 5.91 Å². The topological polar surface area (TPSA) is 40.6 Å². The number of benzene rings is 1. The molecular formula is C16H21BrN2O2. The quantitative estimate of drug-likeness (QED) is 0.779. The van der Waals surface area contributed by atoms with E-state index in [1.54, 1.807) is 0 Å². The molecule has 0 aliphatic carbocycles. The molecule has 1 aliphatic rings. The Bertz CT molecular complexity index is 543. The number of halogens is 1. The van der Waals surface area contributed by atoms with Crippen molar-refractivity contribution in [3.63, 3.8) is 0 Å². The largest absolute Gasteiger partial charge is 0.339 e. The molecule has 0 atom stereocenters. The van der Waals surface area contributed by atoms with Crippen molar-refractivity contribution in [2.75, 3.05) is 26.2 Å². The van der Waals surface area contributed by atoms with Crippen molar-refractivity contribution in [1.82, 2.24) is 9.80 Å². The molecule has 21 heavy (non-hydrogen) atoms. The first-order valence-corrected chi connectivity index (χ1v) is 7.92. The second kappa shape index (κ2) is 6.18. The van der Waals surface area contributed by atoms with Gasteiger partial charge in [-0.3, -0.25) is 9.59 Å². The number of carbonyl (C=O) groups is 2. The van der Waals surface area contributed by atoms with Gasteiger partial charge in [0.15, 0.2) is 0 Å². The van der Waals surface area contributed by atoms with Crippen LogP contribution in [0.2, 0.25) is 0 Å². The third kappa shape index (κ3) is 3.84. The average Bonchev–Trinajstić information content (AvgIpc) is 2.45. The molecule has 0 aromatic heterocycles. The molecule has 1 aliphatic heterocycles. The molecule has 1 aromatic rings. The second-order valence-corrected chi connectivity index (χ2v) is 7.26. The summed E-state index contributed by atoms with van der Waals surface area (Å²) in [4.78, 5) is 28.3. The molecule has 2 amide bonds. The molecular weight excluding hydrogens is 332 g/mol. The van der Waals surface area contributed by atoms with Gasteiger partial charge in [0.1, 0.15) is 0 Å². The van der Waals surface area contributed by atoms with Crippen LogP contribution >= 0.6 is 15.9 Å². The lowest BCUT2D eigenvalue weighted by Gasteiger charge is -2.37. The van der Waals surface area contributed by atoms with E-state index in [0.29, 0.717) is 31.7 Å². The molecule has 1 saturated heterocycles. The normalized spacial score (nSPS) is 16.0. The Balaban J connectivity index is 1.98. The fraction of sp³-hybridized carbons (Fsp3) is 0.500. The number of hydrogen-bond donors (Lipinski definition) is 0. The molecule has 114 valence electrons. The monoisotopic (exact) mass is 352 g/mol. The lowest BCUT2D eigenvalue weighted by Crippen LogP contribution is -2.53. The Hall–Kier alpha value is -1.36. The molecule has 0 spiro atoms. The van der Waals surface area contributed by atoms with Gasteiger partial charge >= 0.3 is 0 Å². The number of hydrogen-bond acceptors (Lipinski definition) is 2. The number of amides is 2. The predicted molar refractivity (Wildman–Crippen MR) is 86.1 cm³/mol. The van der Waals surface area contributed by atoms with E-state index in [1.165, 1.54) is 0 Å². The van der Waals surface area contributed by atoms with Crippen LogP contribution in [0.1, 0.15) is 31.1 Å². The van der Waals surface area contributed by atoms with E-state index in [1.807, 2.05) is 54.8 Å². The Morgan fingerprint density at radius 2 is 1.62 bits per heavy atom. The Morgan fingerprint density at radius 3 is 2.14 bits per heavy atom. The lowest BCUT2D eigenvalue weighted by atomic mass is 9.94. The minimum atomic E-state index is -0.365. The summed E-state index contributed by atoms with van der Waals surface area (Å²) in [5, 5.41) is 0. The molecule has 1 fully saturated rings. The van der Waals surface area contributed by atoms with Crippen LogP contribution in [0, 0.1) is 5.41 Å². The van der Waals surface area contributed by atoms with Gasteiger partial charge in [0, 0.05) is 41.6 Å². The highest BCUT2D eigenvalue weighted by Gasteiger charge is 2.31. The van der Waals surface area contributed by atoms with Crippen molar-refractivity contribution in [2.45, 2.75) is 20.8 Å². The fourth-order valence-electron chi connectivity index (χ4n) is 2.39. The first-order chi connectivity index (χ1) is 9.79. The molecule has 0 bridgehead atoms. The smallest absolute Gasteiger partial charge is 0.254 e. The van der Waals surface area contributed by atoms with Gasteiger partial charge in [-0.2, -0.15) is 0 Å². The first-order valence-electron chi connectivity index (χ1n) is 7.13. The van der Waals surface area contributed by atoms with Crippen molar-refractivity contribution in [3.8, 4) is 0 Å². The van der Waals surface area contributed by atoms with Crippen molar-refractivity contribution in [3.05, 3.63) is 34.3 Å². The summed E-state index contributed by atoms with van der Waals surface area (Å²) < 4.78 is 0.898. The van der Waals surface area contributed by atoms with E-state index in [0.717, 1.165) is 4.47 Å². The summed E-state index contributed by atoms with van der Waals surface area (Å²) in [5.74, 6) is 0.177. The van der Waals surface area contributed by atoms with Gasteiger partial charge in [-0.15, -0.1) is 0 Å². The van der Waals surface area contributed by atoms with Gasteiger partial charge in [0.05, 0.1) is 0 Å². The third-order valence-corrected chi connectivity index (χ3v) is 4.06. The number of rotatable bonds is 1. The maximum Gasteiger partial charge on any atom is 0.254 e. The second-order valence-electron chi connectivity index (χ2n) is 6.34. The van der Waals surface area contributed by atoms with E-state index in [4.69, 9.17) is 0 Å². The third-order valence-electron chi connectivity index (χ3n) is 3.57. The van der Waals surface area contributed by atoms with Gasteiger partial charge in [-0.1, -0.05) is 42.8 Å². The van der Waals surface area contributed by atoms with Crippen LogP contribution in [-0.4, -0.2) is 47.8 Å². The Morgan fingerprint density at radius 1 is 1.05 bits per heavy atom. The summed E-state index contributed by atoms with van der Waals surface area (Å²) >= 11 is 3.38. The highest BCUT2D eigenvalue weighted by atomic mass is 79.9. The van der Waals surface area contributed by atoms with E-state index >= 15 is 0 Å². The van der Waals surface area contributed by atoms with E-state index in [2.05, 4.69) is 15.9 Å². The van der Waals surface area contributed by atoms with Crippen LogP contribution in [0.4, 0.5) is 0 Å². The zero-order valence-corrected chi connectivity index (χ0v) is 14.3. The van der Waals surface area contributed by atoms with Crippen LogP contribution in [0.25, 0.3) is 0 Å². The maximum absolute atomic E-state index is 12.4. The van der Waals surface area contributed by atoms with E-state index in [9.17, 15) is 9.59 Å². The summed E-state index contributed by atoms with van der Waals surface area (Å²) in [7, 11) is 0.